The normalized spacial score (nSPS) is 11.2. The predicted octanol–water partition coefficient (Wildman–Crippen LogP) is 3.50. The number of hydrogen-bond acceptors (Lipinski definition) is 2. The molecule has 0 radical (unpaired) electrons. The van der Waals surface area contributed by atoms with Gasteiger partial charge in [0.1, 0.15) is 0 Å². The molecular formula is C15H20ClNO3. The lowest BCUT2D eigenvalue weighted by atomic mass is 9.94. The van der Waals surface area contributed by atoms with Crippen molar-refractivity contribution in [2.45, 2.75) is 34.1 Å². The van der Waals surface area contributed by atoms with Crippen LogP contribution in [-0.4, -0.2) is 23.5 Å². The predicted molar refractivity (Wildman–Crippen MR) is 80.2 cm³/mol. The minimum Gasteiger partial charge on any atom is -0.481 e. The summed E-state index contributed by atoms with van der Waals surface area (Å²) >= 11 is 5.99. The van der Waals surface area contributed by atoms with Crippen molar-refractivity contribution in [3.05, 3.63) is 28.8 Å². The molecule has 20 heavy (non-hydrogen) atoms. The molecule has 0 aliphatic carbocycles. The number of benzene rings is 1. The number of nitrogens with zero attached hydrogens (tertiary/aromatic N) is 1. The topological polar surface area (TPSA) is 57.6 Å². The monoisotopic (exact) mass is 297 g/mol. The van der Waals surface area contributed by atoms with Crippen molar-refractivity contribution in [3.63, 3.8) is 0 Å². The molecule has 0 fully saturated rings. The first kappa shape index (κ1) is 16.5. The Morgan fingerprint density at radius 3 is 2.40 bits per heavy atom. The van der Waals surface area contributed by atoms with Crippen molar-refractivity contribution >= 4 is 29.2 Å². The molecule has 0 aliphatic rings. The van der Waals surface area contributed by atoms with E-state index in [4.69, 9.17) is 16.7 Å². The van der Waals surface area contributed by atoms with Crippen molar-refractivity contribution in [3.8, 4) is 0 Å². The largest absolute Gasteiger partial charge is 0.481 e. The zero-order valence-corrected chi connectivity index (χ0v) is 13.0. The highest BCUT2D eigenvalue weighted by molar-refractivity contribution is 6.31. The van der Waals surface area contributed by atoms with E-state index < -0.39 is 11.4 Å². The Balaban J connectivity index is 3.19. The first-order valence-electron chi connectivity index (χ1n) is 6.43. The maximum atomic E-state index is 12.5. The Hall–Kier alpha value is -1.55. The van der Waals surface area contributed by atoms with E-state index in [2.05, 4.69) is 0 Å². The number of amides is 1. The highest BCUT2D eigenvalue weighted by Gasteiger charge is 2.29. The molecular weight excluding hydrogens is 278 g/mol. The number of aliphatic carboxylic acids is 1. The molecule has 0 saturated carbocycles. The van der Waals surface area contributed by atoms with Gasteiger partial charge in [-0.15, -0.1) is 0 Å². The highest BCUT2D eigenvalue weighted by Crippen LogP contribution is 2.28. The Bertz CT molecular complexity index is 520. The summed E-state index contributed by atoms with van der Waals surface area (Å²) in [4.78, 5) is 24.8. The van der Waals surface area contributed by atoms with Crippen LogP contribution in [0.3, 0.4) is 0 Å². The minimum absolute atomic E-state index is 0.103. The van der Waals surface area contributed by atoms with E-state index in [0.29, 0.717) is 10.7 Å². The van der Waals surface area contributed by atoms with Crippen LogP contribution in [0.1, 0.15) is 32.8 Å². The smallest absolute Gasteiger partial charge is 0.305 e. The molecule has 0 spiro atoms. The average molecular weight is 298 g/mol. The Morgan fingerprint density at radius 1 is 1.30 bits per heavy atom. The van der Waals surface area contributed by atoms with E-state index in [1.54, 1.807) is 12.1 Å². The molecule has 0 aromatic heterocycles. The van der Waals surface area contributed by atoms with E-state index in [1.807, 2.05) is 33.8 Å². The SMILES string of the molecule is Cc1ccc(Cl)cc1N(CCC(=O)O)C(=O)C(C)(C)C. The molecule has 1 rings (SSSR count). The quantitative estimate of drug-likeness (QED) is 0.925. The molecule has 1 aromatic carbocycles. The lowest BCUT2D eigenvalue weighted by molar-refractivity contribution is -0.136. The van der Waals surface area contributed by atoms with Gasteiger partial charge < -0.3 is 10.0 Å². The van der Waals surface area contributed by atoms with Gasteiger partial charge in [0, 0.05) is 22.7 Å². The first-order chi connectivity index (χ1) is 9.12. The number of carboxylic acids is 1. The fourth-order valence-corrected chi connectivity index (χ4v) is 1.98. The second-order valence-electron chi connectivity index (χ2n) is 5.78. The van der Waals surface area contributed by atoms with Gasteiger partial charge in [-0.1, -0.05) is 38.4 Å². The number of halogens is 1. The fraction of sp³-hybridized carbons (Fsp3) is 0.467. The van der Waals surface area contributed by atoms with Gasteiger partial charge in [-0.05, 0) is 24.6 Å². The third-order valence-electron chi connectivity index (χ3n) is 2.90. The summed E-state index contributed by atoms with van der Waals surface area (Å²) in [6.07, 6.45) is -0.103. The van der Waals surface area contributed by atoms with E-state index in [0.717, 1.165) is 5.56 Å². The van der Waals surface area contributed by atoms with Crippen molar-refractivity contribution < 1.29 is 14.7 Å². The molecule has 0 aliphatic heterocycles. The number of carbonyl (C=O) groups is 2. The van der Waals surface area contributed by atoms with E-state index in [1.165, 1.54) is 4.90 Å². The molecule has 0 heterocycles. The summed E-state index contributed by atoms with van der Waals surface area (Å²) in [7, 11) is 0. The lowest BCUT2D eigenvalue weighted by Gasteiger charge is -2.30. The average Bonchev–Trinajstić information content (AvgIpc) is 2.31. The maximum Gasteiger partial charge on any atom is 0.305 e. The lowest BCUT2D eigenvalue weighted by Crippen LogP contribution is -2.41. The summed E-state index contributed by atoms with van der Waals surface area (Å²) < 4.78 is 0. The second kappa shape index (κ2) is 6.27. The van der Waals surface area contributed by atoms with Gasteiger partial charge in [0.2, 0.25) is 5.91 Å². The van der Waals surface area contributed by atoms with Gasteiger partial charge in [-0.3, -0.25) is 9.59 Å². The van der Waals surface area contributed by atoms with Gasteiger partial charge in [0.15, 0.2) is 0 Å². The summed E-state index contributed by atoms with van der Waals surface area (Å²) in [6, 6.07) is 5.26. The zero-order chi connectivity index (χ0) is 15.5. The number of aryl methyl sites for hydroxylation is 1. The third-order valence-corrected chi connectivity index (χ3v) is 3.13. The molecule has 1 amide bonds. The van der Waals surface area contributed by atoms with Crippen molar-refractivity contribution in [2.24, 2.45) is 5.41 Å². The number of hydrogen-bond donors (Lipinski definition) is 1. The van der Waals surface area contributed by atoms with Crippen LogP contribution in [-0.2, 0) is 9.59 Å². The molecule has 0 bridgehead atoms. The third kappa shape index (κ3) is 4.23. The Labute approximate surface area is 124 Å². The fourth-order valence-electron chi connectivity index (χ4n) is 1.82. The van der Waals surface area contributed by atoms with Gasteiger partial charge in [0.05, 0.1) is 6.42 Å². The minimum atomic E-state index is -0.934. The Kier molecular flexibility index (Phi) is 5.17. The summed E-state index contributed by atoms with van der Waals surface area (Å²) in [5.74, 6) is -1.06. The standard InChI is InChI=1S/C15H20ClNO3/c1-10-5-6-11(16)9-12(10)17(8-7-13(18)19)14(20)15(2,3)4/h5-6,9H,7-8H2,1-4H3,(H,18,19). The van der Waals surface area contributed by atoms with Gasteiger partial charge in [-0.25, -0.2) is 0 Å². The van der Waals surface area contributed by atoms with Gasteiger partial charge in [0.25, 0.3) is 0 Å². The van der Waals surface area contributed by atoms with E-state index >= 15 is 0 Å². The van der Waals surface area contributed by atoms with Crippen LogP contribution in [0.4, 0.5) is 5.69 Å². The summed E-state index contributed by atoms with van der Waals surface area (Å²) in [5.41, 5.74) is 0.962. The van der Waals surface area contributed by atoms with E-state index in [9.17, 15) is 9.59 Å². The summed E-state index contributed by atoms with van der Waals surface area (Å²) in [6.45, 7) is 7.43. The zero-order valence-electron chi connectivity index (χ0n) is 12.2. The molecule has 0 atom stereocenters. The Morgan fingerprint density at radius 2 is 1.90 bits per heavy atom. The molecule has 110 valence electrons. The van der Waals surface area contributed by atoms with Crippen LogP contribution < -0.4 is 4.90 Å². The molecule has 0 unspecified atom stereocenters. The van der Waals surface area contributed by atoms with E-state index in [-0.39, 0.29) is 18.9 Å². The van der Waals surface area contributed by atoms with Gasteiger partial charge in [-0.2, -0.15) is 0 Å². The van der Waals surface area contributed by atoms with Crippen LogP contribution in [0.5, 0.6) is 0 Å². The van der Waals surface area contributed by atoms with Crippen LogP contribution in [0, 0.1) is 12.3 Å². The highest BCUT2D eigenvalue weighted by atomic mass is 35.5. The number of carboxylic acid groups (broad SMARTS) is 1. The molecule has 4 nitrogen and oxygen atoms in total. The maximum absolute atomic E-state index is 12.5. The van der Waals surface area contributed by atoms with Gasteiger partial charge >= 0.3 is 5.97 Å². The first-order valence-corrected chi connectivity index (χ1v) is 6.80. The second-order valence-corrected chi connectivity index (χ2v) is 6.22. The molecule has 0 saturated heterocycles. The number of rotatable bonds is 4. The molecule has 1 aromatic rings. The van der Waals surface area contributed by atoms with Crippen LogP contribution in [0.15, 0.2) is 18.2 Å². The van der Waals surface area contributed by atoms with Crippen LogP contribution >= 0.6 is 11.6 Å². The number of carbonyl (C=O) groups excluding carboxylic acids is 1. The van der Waals surface area contributed by atoms with Crippen LogP contribution in [0.2, 0.25) is 5.02 Å². The number of anilines is 1. The molecule has 5 heteroatoms. The summed E-state index contributed by atoms with van der Waals surface area (Å²) in [5, 5.41) is 9.37. The molecule has 1 N–H and O–H groups in total. The van der Waals surface area contributed by atoms with Crippen molar-refractivity contribution in [2.75, 3.05) is 11.4 Å². The van der Waals surface area contributed by atoms with Crippen LogP contribution in [0.25, 0.3) is 0 Å². The van der Waals surface area contributed by atoms with Crippen molar-refractivity contribution in [1.29, 1.82) is 0 Å². The van der Waals surface area contributed by atoms with Crippen molar-refractivity contribution in [1.82, 2.24) is 0 Å².